The Labute approximate surface area is 166 Å². The van der Waals surface area contributed by atoms with Gasteiger partial charge >= 0.3 is 0 Å². The molecule has 0 N–H and O–H groups in total. The van der Waals surface area contributed by atoms with E-state index >= 15 is 0 Å². The van der Waals surface area contributed by atoms with Gasteiger partial charge in [0.15, 0.2) is 6.61 Å². The molecule has 1 amide bonds. The fraction of sp³-hybridized carbons (Fsp3) is 0.409. The Balaban J connectivity index is 1.36. The van der Waals surface area contributed by atoms with Crippen molar-refractivity contribution >= 4 is 15.7 Å². The van der Waals surface area contributed by atoms with Crippen molar-refractivity contribution in [3.63, 3.8) is 0 Å². The fourth-order valence-corrected chi connectivity index (χ4v) is 5.62. The minimum absolute atomic E-state index is 0.0127. The summed E-state index contributed by atoms with van der Waals surface area (Å²) in [5.41, 5.74) is 2.23. The summed E-state index contributed by atoms with van der Waals surface area (Å²) < 4.78 is 29.5. The lowest BCUT2D eigenvalue weighted by Gasteiger charge is -2.38. The average molecular weight is 400 g/mol. The predicted molar refractivity (Wildman–Crippen MR) is 109 cm³/mol. The van der Waals surface area contributed by atoms with Crippen molar-refractivity contribution in [2.75, 3.05) is 12.9 Å². The van der Waals surface area contributed by atoms with Crippen LogP contribution in [0.25, 0.3) is 11.1 Å². The van der Waals surface area contributed by atoms with Gasteiger partial charge in [-0.3, -0.25) is 4.79 Å². The Morgan fingerprint density at radius 2 is 1.54 bits per heavy atom. The lowest BCUT2D eigenvalue weighted by atomic mass is 10.0. The van der Waals surface area contributed by atoms with Gasteiger partial charge in [-0.1, -0.05) is 42.5 Å². The third-order valence-corrected chi connectivity index (χ3v) is 7.50. The SMILES string of the molecule is CS(=O)(=O)C1CC2CCC(C1)N2C(=O)COc1ccc(-c2ccccc2)cc1. The molecular formula is C22H25NO4S. The number of piperidine rings is 1. The number of nitrogens with zero attached hydrogens (tertiary/aromatic N) is 1. The van der Waals surface area contributed by atoms with E-state index in [9.17, 15) is 13.2 Å². The summed E-state index contributed by atoms with van der Waals surface area (Å²) in [7, 11) is -3.05. The van der Waals surface area contributed by atoms with Crippen molar-refractivity contribution < 1.29 is 17.9 Å². The van der Waals surface area contributed by atoms with Crippen LogP contribution in [0.2, 0.25) is 0 Å². The normalized spacial score (nSPS) is 24.2. The van der Waals surface area contributed by atoms with E-state index in [2.05, 4.69) is 12.1 Å². The Morgan fingerprint density at radius 3 is 2.11 bits per heavy atom. The van der Waals surface area contributed by atoms with Crippen LogP contribution in [0.5, 0.6) is 5.75 Å². The van der Waals surface area contributed by atoms with Crippen LogP contribution in [0.15, 0.2) is 54.6 Å². The molecule has 2 aliphatic heterocycles. The summed E-state index contributed by atoms with van der Waals surface area (Å²) in [4.78, 5) is 14.6. The Hall–Kier alpha value is -2.34. The first-order valence-corrected chi connectivity index (χ1v) is 11.7. The Morgan fingerprint density at radius 1 is 0.964 bits per heavy atom. The van der Waals surface area contributed by atoms with E-state index in [0.29, 0.717) is 18.6 Å². The van der Waals surface area contributed by atoms with Crippen LogP contribution in [-0.4, -0.2) is 49.4 Å². The molecule has 2 atom stereocenters. The minimum atomic E-state index is -3.05. The lowest BCUT2D eigenvalue weighted by molar-refractivity contribution is -0.137. The quantitative estimate of drug-likeness (QED) is 0.774. The zero-order valence-corrected chi connectivity index (χ0v) is 16.8. The van der Waals surface area contributed by atoms with Gasteiger partial charge in [0.25, 0.3) is 5.91 Å². The molecule has 0 aromatic heterocycles. The summed E-state index contributed by atoms with van der Waals surface area (Å²) in [5.74, 6) is 0.609. The number of amides is 1. The van der Waals surface area contributed by atoms with Gasteiger partial charge in [0.1, 0.15) is 15.6 Å². The van der Waals surface area contributed by atoms with Crippen LogP contribution < -0.4 is 4.74 Å². The van der Waals surface area contributed by atoms with Crippen LogP contribution >= 0.6 is 0 Å². The van der Waals surface area contributed by atoms with Gasteiger partial charge in [-0.2, -0.15) is 0 Å². The van der Waals surface area contributed by atoms with E-state index in [1.807, 2.05) is 47.4 Å². The van der Waals surface area contributed by atoms with Gasteiger partial charge in [0.05, 0.1) is 5.25 Å². The van der Waals surface area contributed by atoms with Crippen molar-refractivity contribution in [3.8, 4) is 16.9 Å². The van der Waals surface area contributed by atoms with Gasteiger partial charge in [-0.25, -0.2) is 8.42 Å². The number of ether oxygens (including phenoxy) is 1. The first-order valence-electron chi connectivity index (χ1n) is 9.70. The van der Waals surface area contributed by atoms with Gasteiger partial charge in [0.2, 0.25) is 0 Å². The van der Waals surface area contributed by atoms with E-state index in [-0.39, 0.29) is 29.8 Å². The van der Waals surface area contributed by atoms with Crippen LogP contribution in [0.3, 0.4) is 0 Å². The van der Waals surface area contributed by atoms with Crippen molar-refractivity contribution in [1.82, 2.24) is 4.90 Å². The second-order valence-corrected chi connectivity index (χ2v) is 10.1. The molecule has 2 heterocycles. The molecule has 28 heavy (non-hydrogen) atoms. The maximum atomic E-state index is 12.7. The smallest absolute Gasteiger partial charge is 0.261 e. The predicted octanol–water partition coefficient (Wildman–Crippen LogP) is 3.30. The number of hydrogen-bond donors (Lipinski definition) is 0. The van der Waals surface area contributed by atoms with Crippen LogP contribution in [0.1, 0.15) is 25.7 Å². The highest BCUT2D eigenvalue weighted by atomic mass is 32.2. The summed E-state index contributed by atoms with van der Waals surface area (Å²) in [5, 5.41) is -0.319. The number of carbonyl (C=O) groups is 1. The zero-order chi connectivity index (χ0) is 19.7. The molecule has 2 fully saturated rings. The zero-order valence-electron chi connectivity index (χ0n) is 16.0. The van der Waals surface area contributed by atoms with Crippen LogP contribution in [0.4, 0.5) is 0 Å². The van der Waals surface area contributed by atoms with E-state index < -0.39 is 9.84 Å². The monoisotopic (exact) mass is 399 g/mol. The molecular weight excluding hydrogens is 374 g/mol. The van der Waals surface area contributed by atoms with E-state index in [0.717, 1.165) is 24.0 Å². The molecule has 0 radical (unpaired) electrons. The summed E-state index contributed by atoms with van der Waals surface area (Å²) in [6.07, 6.45) is 4.17. The highest BCUT2D eigenvalue weighted by Crippen LogP contribution is 2.38. The molecule has 5 nitrogen and oxygen atoms in total. The maximum absolute atomic E-state index is 12.7. The lowest BCUT2D eigenvalue weighted by Crippen LogP contribution is -2.51. The largest absolute Gasteiger partial charge is 0.484 e. The number of fused-ring (bicyclic) bond motifs is 2. The number of benzene rings is 2. The number of sulfone groups is 1. The summed E-state index contributed by atoms with van der Waals surface area (Å²) in [6, 6.07) is 17.8. The molecule has 0 aliphatic carbocycles. The molecule has 2 aliphatic rings. The van der Waals surface area contributed by atoms with E-state index in [4.69, 9.17) is 4.74 Å². The molecule has 2 aromatic rings. The maximum Gasteiger partial charge on any atom is 0.261 e. The van der Waals surface area contributed by atoms with E-state index in [1.54, 1.807) is 0 Å². The third kappa shape index (κ3) is 3.92. The van der Waals surface area contributed by atoms with Gasteiger partial charge in [-0.05, 0) is 48.9 Å². The fourth-order valence-electron chi connectivity index (χ4n) is 4.48. The van der Waals surface area contributed by atoms with Crippen molar-refractivity contribution in [2.45, 2.75) is 43.0 Å². The molecule has 2 saturated heterocycles. The van der Waals surface area contributed by atoms with Gasteiger partial charge in [-0.15, -0.1) is 0 Å². The molecule has 2 aromatic carbocycles. The average Bonchev–Trinajstić information content (AvgIpc) is 2.95. The Kier molecular flexibility index (Phi) is 5.15. The molecule has 2 unspecified atom stereocenters. The molecule has 0 spiro atoms. The molecule has 148 valence electrons. The number of rotatable bonds is 5. The second kappa shape index (κ2) is 7.59. The number of carbonyl (C=O) groups excluding carboxylic acids is 1. The molecule has 6 heteroatoms. The molecule has 4 rings (SSSR count). The Bertz CT molecular complexity index is 926. The topological polar surface area (TPSA) is 63.7 Å². The molecule has 0 saturated carbocycles. The van der Waals surface area contributed by atoms with E-state index in [1.165, 1.54) is 6.26 Å². The first-order chi connectivity index (χ1) is 13.4. The highest BCUT2D eigenvalue weighted by Gasteiger charge is 2.45. The van der Waals surface area contributed by atoms with Gasteiger partial charge in [0, 0.05) is 18.3 Å². The molecule has 2 bridgehead atoms. The first kappa shape index (κ1) is 19.0. The van der Waals surface area contributed by atoms with Crippen LogP contribution in [0, 0.1) is 0 Å². The van der Waals surface area contributed by atoms with Crippen molar-refractivity contribution in [1.29, 1.82) is 0 Å². The summed E-state index contributed by atoms with van der Waals surface area (Å²) >= 11 is 0. The van der Waals surface area contributed by atoms with Crippen molar-refractivity contribution in [3.05, 3.63) is 54.6 Å². The summed E-state index contributed by atoms with van der Waals surface area (Å²) in [6.45, 7) is -0.0127. The second-order valence-electron chi connectivity index (χ2n) is 7.79. The number of hydrogen-bond acceptors (Lipinski definition) is 4. The van der Waals surface area contributed by atoms with Crippen molar-refractivity contribution in [2.24, 2.45) is 0 Å². The minimum Gasteiger partial charge on any atom is -0.484 e. The highest BCUT2D eigenvalue weighted by molar-refractivity contribution is 7.91. The standard InChI is InChI=1S/C22H25NO4S/c1-28(25,26)21-13-18-9-10-19(14-21)23(18)22(24)15-27-20-11-7-17(8-12-20)16-5-3-2-4-6-16/h2-8,11-12,18-19,21H,9-10,13-15H2,1H3. The van der Waals surface area contributed by atoms with Crippen LogP contribution in [-0.2, 0) is 14.6 Å². The van der Waals surface area contributed by atoms with Gasteiger partial charge < -0.3 is 9.64 Å². The third-order valence-electron chi connectivity index (χ3n) is 5.91.